The summed E-state index contributed by atoms with van der Waals surface area (Å²) in [4.78, 5) is 18.2. The number of benzene rings is 1. The zero-order valence-electron chi connectivity index (χ0n) is 11.3. The lowest BCUT2D eigenvalue weighted by Crippen LogP contribution is -2.41. The number of likely N-dealkylation sites (N-methyl/N-ethyl adjacent to an activating group) is 1. The van der Waals surface area contributed by atoms with Crippen molar-refractivity contribution in [2.45, 2.75) is 18.9 Å². The molecule has 0 bridgehead atoms. The van der Waals surface area contributed by atoms with Crippen molar-refractivity contribution in [1.82, 2.24) is 4.98 Å². The van der Waals surface area contributed by atoms with Crippen LogP contribution in [0.25, 0.3) is 0 Å². The van der Waals surface area contributed by atoms with E-state index in [1.165, 1.54) is 0 Å². The molecular formula is C16H16N2O2. The smallest absolute Gasteiger partial charge is 0.264 e. The number of nitrogens with zero attached hydrogens (tertiary/aromatic N) is 2. The van der Waals surface area contributed by atoms with Crippen molar-refractivity contribution in [1.29, 1.82) is 0 Å². The molecule has 102 valence electrons. The summed E-state index contributed by atoms with van der Waals surface area (Å²) < 4.78 is 0. The summed E-state index contributed by atoms with van der Waals surface area (Å²) in [6.45, 7) is 2.46. The lowest BCUT2D eigenvalue weighted by molar-refractivity contribution is -0.135. The van der Waals surface area contributed by atoms with E-state index in [1.807, 2.05) is 43.3 Å². The maximum absolute atomic E-state index is 12.6. The first kappa shape index (κ1) is 12.8. The van der Waals surface area contributed by atoms with E-state index in [4.69, 9.17) is 0 Å². The Labute approximate surface area is 117 Å². The van der Waals surface area contributed by atoms with Gasteiger partial charge in [0.1, 0.15) is 0 Å². The predicted molar refractivity (Wildman–Crippen MR) is 76.3 cm³/mol. The van der Waals surface area contributed by atoms with Crippen LogP contribution in [0, 0.1) is 0 Å². The Hall–Kier alpha value is -2.20. The molecule has 2 aromatic rings. The van der Waals surface area contributed by atoms with E-state index in [0.29, 0.717) is 12.1 Å². The van der Waals surface area contributed by atoms with Crippen LogP contribution in [0.1, 0.15) is 18.1 Å². The van der Waals surface area contributed by atoms with Gasteiger partial charge in [0.25, 0.3) is 5.91 Å². The molecule has 0 unspecified atom stereocenters. The van der Waals surface area contributed by atoms with Crippen molar-refractivity contribution in [3.63, 3.8) is 0 Å². The predicted octanol–water partition coefficient (Wildman–Crippen LogP) is 1.88. The molecule has 0 saturated carbocycles. The molecule has 1 aromatic heterocycles. The third kappa shape index (κ3) is 1.80. The monoisotopic (exact) mass is 268 g/mol. The molecule has 4 nitrogen and oxygen atoms in total. The summed E-state index contributed by atoms with van der Waals surface area (Å²) in [5.41, 5.74) is 0.900. The number of rotatable bonds is 3. The fourth-order valence-corrected chi connectivity index (χ4v) is 2.79. The Morgan fingerprint density at radius 3 is 2.60 bits per heavy atom. The second-order valence-electron chi connectivity index (χ2n) is 4.96. The normalized spacial score (nSPS) is 21.1. The average molecular weight is 268 g/mol. The van der Waals surface area contributed by atoms with Gasteiger partial charge in [0, 0.05) is 30.9 Å². The molecule has 0 radical (unpaired) electrons. The van der Waals surface area contributed by atoms with Crippen LogP contribution in [0.2, 0.25) is 0 Å². The number of fused-ring (bicyclic) bond motifs is 1. The number of anilines is 1. The maximum atomic E-state index is 12.6. The molecule has 1 N–H and O–H groups in total. The summed E-state index contributed by atoms with van der Waals surface area (Å²) in [5, 5.41) is 11.0. The molecule has 1 atom stereocenters. The first-order valence-corrected chi connectivity index (χ1v) is 6.69. The number of amides is 1. The van der Waals surface area contributed by atoms with Crippen molar-refractivity contribution >= 4 is 11.6 Å². The van der Waals surface area contributed by atoms with Gasteiger partial charge in [0.05, 0.1) is 5.69 Å². The number of carbonyl (C=O) groups excluding carboxylic acids is 1. The van der Waals surface area contributed by atoms with Gasteiger partial charge in [-0.05, 0) is 30.7 Å². The lowest BCUT2D eigenvalue weighted by Gasteiger charge is -2.22. The Kier molecular flexibility index (Phi) is 3.03. The van der Waals surface area contributed by atoms with E-state index in [2.05, 4.69) is 4.98 Å². The quantitative estimate of drug-likeness (QED) is 0.924. The van der Waals surface area contributed by atoms with Gasteiger partial charge in [-0.25, -0.2) is 0 Å². The molecular weight excluding hydrogens is 252 g/mol. The third-order valence-electron chi connectivity index (χ3n) is 3.76. The topological polar surface area (TPSA) is 53.4 Å². The molecule has 2 heterocycles. The molecule has 1 aromatic carbocycles. The molecule has 1 amide bonds. The number of hydrogen-bond donors (Lipinski definition) is 1. The number of carbonyl (C=O) groups is 1. The van der Waals surface area contributed by atoms with E-state index >= 15 is 0 Å². The van der Waals surface area contributed by atoms with Crippen molar-refractivity contribution in [3.05, 3.63) is 59.9 Å². The molecule has 0 saturated heterocycles. The number of aromatic nitrogens is 1. The number of para-hydroxylation sites is 1. The van der Waals surface area contributed by atoms with Crippen molar-refractivity contribution in [2.24, 2.45) is 0 Å². The van der Waals surface area contributed by atoms with Gasteiger partial charge in [0.2, 0.25) is 0 Å². The van der Waals surface area contributed by atoms with Crippen LogP contribution in [0.5, 0.6) is 0 Å². The van der Waals surface area contributed by atoms with E-state index in [-0.39, 0.29) is 12.3 Å². The zero-order chi connectivity index (χ0) is 14.2. The van der Waals surface area contributed by atoms with Gasteiger partial charge in [-0.15, -0.1) is 0 Å². The summed E-state index contributed by atoms with van der Waals surface area (Å²) >= 11 is 0. The van der Waals surface area contributed by atoms with Gasteiger partial charge in [-0.2, -0.15) is 0 Å². The second-order valence-corrected chi connectivity index (χ2v) is 4.96. The minimum Gasteiger partial charge on any atom is -0.375 e. The maximum Gasteiger partial charge on any atom is 0.264 e. The fourth-order valence-electron chi connectivity index (χ4n) is 2.79. The highest BCUT2D eigenvalue weighted by Crippen LogP contribution is 2.41. The fraction of sp³-hybridized carbons (Fsp3) is 0.250. The highest BCUT2D eigenvalue weighted by Gasteiger charge is 2.48. The largest absolute Gasteiger partial charge is 0.375 e. The zero-order valence-corrected chi connectivity index (χ0v) is 11.3. The minimum absolute atomic E-state index is 0.252. The molecule has 4 heteroatoms. The Morgan fingerprint density at radius 1 is 1.20 bits per heavy atom. The Morgan fingerprint density at radius 2 is 1.90 bits per heavy atom. The van der Waals surface area contributed by atoms with Gasteiger partial charge in [0.15, 0.2) is 5.60 Å². The van der Waals surface area contributed by atoms with Crippen LogP contribution in [-0.4, -0.2) is 22.5 Å². The van der Waals surface area contributed by atoms with Crippen molar-refractivity contribution in [2.75, 3.05) is 11.4 Å². The van der Waals surface area contributed by atoms with Gasteiger partial charge < -0.3 is 10.0 Å². The molecule has 0 aliphatic carbocycles. The minimum atomic E-state index is -1.48. The van der Waals surface area contributed by atoms with Crippen LogP contribution in [0.15, 0.2) is 48.8 Å². The van der Waals surface area contributed by atoms with E-state index in [1.54, 1.807) is 17.3 Å². The van der Waals surface area contributed by atoms with Crippen LogP contribution >= 0.6 is 0 Å². The summed E-state index contributed by atoms with van der Waals surface area (Å²) in [7, 11) is 0. The summed E-state index contributed by atoms with van der Waals surface area (Å²) in [6.07, 6.45) is 3.60. The van der Waals surface area contributed by atoms with E-state index in [0.717, 1.165) is 11.3 Å². The lowest BCUT2D eigenvalue weighted by atomic mass is 9.89. The Balaban J connectivity index is 2.06. The summed E-state index contributed by atoms with van der Waals surface area (Å²) in [5.74, 6) is -0.252. The van der Waals surface area contributed by atoms with Gasteiger partial charge in [-0.3, -0.25) is 9.78 Å². The van der Waals surface area contributed by atoms with E-state index in [9.17, 15) is 9.90 Å². The highest BCUT2D eigenvalue weighted by atomic mass is 16.3. The molecule has 1 aliphatic rings. The molecule has 3 rings (SSSR count). The van der Waals surface area contributed by atoms with Crippen LogP contribution in [0.3, 0.4) is 0 Å². The van der Waals surface area contributed by atoms with Crippen LogP contribution < -0.4 is 4.90 Å². The number of aliphatic hydroxyl groups is 1. The molecule has 0 spiro atoms. The molecule has 20 heavy (non-hydrogen) atoms. The first-order valence-electron chi connectivity index (χ1n) is 6.69. The third-order valence-corrected chi connectivity index (χ3v) is 3.76. The SMILES string of the molecule is CCN1C(=O)[C@@](O)(Cc2ccncc2)c2ccccc21. The number of hydrogen-bond acceptors (Lipinski definition) is 3. The van der Waals surface area contributed by atoms with Crippen LogP contribution in [0.4, 0.5) is 5.69 Å². The summed E-state index contributed by atoms with van der Waals surface area (Å²) in [6, 6.07) is 11.1. The van der Waals surface area contributed by atoms with Crippen LogP contribution in [-0.2, 0) is 16.8 Å². The molecule has 0 fully saturated rings. The standard InChI is InChI=1S/C16H16N2O2/c1-2-18-14-6-4-3-5-13(14)16(20,15(18)19)11-12-7-9-17-10-8-12/h3-10,20H,2,11H2,1H3/t16-/m1/s1. The second kappa shape index (κ2) is 4.72. The van der Waals surface area contributed by atoms with Gasteiger partial charge in [-0.1, -0.05) is 18.2 Å². The van der Waals surface area contributed by atoms with Crippen molar-refractivity contribution < 1.29 is 9.90 Å². The van der Waals surface area contributed by atoms with Crippen molar-refractivity contribution in [3.8, 4) is 0 Å². The Bertz CT molecular complexity index is 642. The number of pyridine rings is 1. The average Bonchev–Trinajstić information content (AvgIpc) is 2.69. The van der Waals surface area contributed by atoms with E-state index < -0.39 is 5.60 Å². The van der Waals surface area contributed by atoms with Gasteiger partial charge >= 0.3 is 0 Å². The first-order chi connectivity index (χ1) is 9.66. The highest BCUT2D eigenvalue weighted by molar-refractivity contribution is 6.06. The molecule has 1 aliphatic heterocycles.